The Morgan fingerprint density at radius 1 is 1.06 bits per heavy atom. The number of aromatic nitrogens is 2. The maximum absolute atomic E-state index is 12.9. The van der Waals surface area contributed by atoms with E-state index in [1.165, 1.54) is 10.4 Å². The summed E-state index contributed by atoms with van der Waals surface area (Å²) in [6, 6.07) is 15.3. The SMILES string of the molecule is COc1ccccc1OCCCOc1ccc(-c2nc3sc4c(c3c(=O)[nH]2)CC[C@H](C)C4)cc1. The van der Waals surface area contributed by atoms with Gasteiger partial charge in [-0.1, -0.05) is 19.1 Å². The third kappa shape index (κ3) is 4.66. The minimum Gasteiger partial charge on any atom is -0.493 e. The molecule has 7 heteroatoms. The van der Waals surface area contributed by atoms with Crippen LogP contribution in [0, 0.1) is 5.92 Å². The molecule has 1 atom stereocenters. The third-order valence-electron chi connectivity index (χ3n) is 6.18. The maximum atomic E-state index is 12.9. The predicted octanol–water partition coefficient (Wildman–Crippen LogP) is 5.63. The van der Waals surface area contributed by atoms with Crippen LogP contribution in [-0.2, 0) is 12.8 Å². The van der Waals surface area contributed by atoms with Crippen molar-refractivity contribution in [3.8, 4) is 28.6 Å². The Bertz CT molecular complexity index is 1340. The zero-order valence-corrected chi connectivity index (χ0v) is 20.2. The molecule has 2 aromatic heterocycles. The largest absolute Gasteiger partial charge is 0.493 e. The summed E-state index contributed by atoms with van der Waals surface area (Å²) >= 11 is 1.67. The van der Waals surface area contributed by atoms with Gasteiger partial charge in [0.25, 0.3) is 5.56 Å². The van der Waals surface area contributed by atoms with Gasteiger partial charge in [-0.15, -0.1) is 11.3 Å². The van der Waals surface area contributed by atoms with Crippen LogP contribution in [0.2, 0.25) is 0 Å². The normalized spacial score (nSPS) is 15.2. The second-order valence-electron chi connectivity index (χ2n) is 8.67. The summed E-state index contributed by atoms with van der Waals surface area (Å²) in [5.41, 5.74) is 2.03. The Kier molecular flexibility index (Phi) is 6.54. The fourth-order valence-electron chi connectivity index (χ4n) is 4.36. The van der Waals surface area contributed by atoms with Crippen molar-refractivity contribution in [1.82, 2.24) is 9.97 Å². The van der Waals surface area contributed by atoms with E-state index in [-0.39, 0.29) is 5.56 Å². The van der Waals surface area contributed by atoms with E-state index < -0.39 is 0 Å². The quantitative estimate of drug-likeness (QED) is 0.334. The number of aryl methyl sites for hydroxylation is 1. The number of para-hydroxylation sites is 2. The summed E-state index contributed by atoms with van der Waals surface area (Å²) in [6.07, 6.45) is 3.89. The standard InChI is InChI=1S/C27H28N2O4S/c1-17-8-13-20-23(16-17)34-27-24(20)26(30)28-25(29-27)18-9-11-19(12-10-18)32-14-5-15-33-22-7-4-3-6-21(22)31-2/h3-4,6-7,9-12,17H,5,8,13-16H2,1-2H3,(H,28,29,30)/t17-/m0/s1. The Balaban J connectivity index is 1.21. The molecule has 0 saturated carbocycles. The van der Waals surface area contributed by atoms with Crippen LogP contribution in [0.4, 0.5) is 0 Å². The number of rotatable bonds is 8. The minimum atomic E-state index is -0.0394. The van der Waals surface area contributed by atoms with Gasteiger partial charge in [-0.25, -0.2) is 4.98 Å². The Morgan fingerprint density at radius 2 is 1.82 bits per heavy atom. The molecule has 2 aromatic carbocycles. The minimum absolute atomic E-state index is 0.0394. The lowest BCUT2D eigenvalue weighted by atomic mass is 9.89. The van der Waals surface area contributed by atoms with Gasteiger partial charge < -0.3 is 19.2 Å². The zero-order chi connectivity index (χ0) is 23.5. The van der Waals surface area contributed by atoms with Crippen LogP contribution >= 0.6 is 11.3 Å². The van der Waals surface area contributed by atoms with E-state index in [0.29, 0.717) is 25.0 Å². The highest BCUT2D eigenvalue weighted by Crippen LogP contribution is 2.36. The molecule has 0 aliphatic heterocycles. The van der Waals surface area contributed by atoms with E-state index in [0.717, 1.165) is 58.7 Å². The summed E-state index contributed by atoms with van der Waals surface area (Å²) < 4.78 is 16.9. The van der Waals surface area contributed by atoms with Gasteiger partial charge in [-0.3, -0.25) is 4.79 Å². The van der Waals surface area contributed by atoms with Crippen molar-refractivity contribution < 1.29 is 14.2 Å². The molecule has 4 aromatic rings. The average molecular weight is 477 g/mol. The van der Waals surface area contributed by atoms with Gasteiger partial charge in [0.05, 0.1) is 25.7 Å². The zero-order valence-electron chi connectivity index (χ0n) is 19.4. The Morgan fingerprint density at radius 3 is 2.62 bits per heavy atom. The molecule has 0 fully saturated rings. The topological polar surface area (TPSA) is 73.4 Å². The van der Waals surface area contributed by atoms with E-state index in [4.69, 9.17) is 19.2 Å². The number of benzene rings is 2. The number of ether oxygens (including phenoxy) is 3. The highest BCUT2D eigenvalue weighted by Gasteiger charge is 2.23. The highest BCUT2D eigenvalue weighted by atomic mass is 32.1. The van der Waals surface area contributed by atoms with Crippen molar-refractivity contribution in [1.29, 1.82) is 0 Å². The van der Waals surface area contributed by atoms with Crippen molar-refractivity contribution in [2.75, 3.05) is 20.3 Å². The smallest absolute Gasteiger partial charge is 0.260 e. The van der Waals surface area contributed by atoms with Crippen molar-refractivity contribution in [2.45, 2.75) is 32.6 Å². The molecular formula is C27H28N2O4S. The van der Waals surface area contributed by atoms with Gasteiger partial charge in [0.15, 0.2) is 11.5 Å². The van der Waals surface area contributed by atoms with Crippen LogP contribution in [0.15, 0.2) is 53.3 Å². The first kappa shape index (κ1) is 22.5. The lowest BCUT2D eigenvalue weighted by Gasteiger charge is -2.17. The molecule has 1 N–H and O–H groups in total. The first-order chi connectivity index (χ1) is 16.6. The van der Waals surface area contributed by atoms with Gasteiger partial charge in [0.2, 0.25) is 0 Å². The van der Waals surface area contributed by atoms with Crippen LogP contribution in [0.3, 0.4) is 0 Å². The number of H-pyrrole nitrogens is 1. The molecule has 0 bridgehead atoms. The number of hydrogen-bond donors (Lipinski definition) is 1. The molecule has 0 saturated heterocycles. The summed E-state index contributed by atoms with van der Waals surface area (Å²) in [5.74, 6) is 3.49. The molecule has 34 heavy (non-hydrogen) atoms. The van der Waals surface area contributed by atoms with Crippen LogP contribution in [0.25, 0.3) is 21.6 Å². The van der Waals surface area contributed by atoms with Crippen molar-refractivity contribution in [2.24, 2.45) is 5.92 Å². The number of aromatic amines is 1. The molecule has 0 amide bonds. The molecule has 1 aliphatic carbocycles. The fraction of sp³-hybridized carbons (Fsp3) is 0.333. The van der Waals surface area contributed by atoms with Crippen LogP contribution in [-0.4, -0.2) is 30.3 Å². The lowest BCUT2D eigenvalue weighted by molar-refractivity contribution is 0.240. The molecule has 0 unspecified atom stereocenters. The van der Waals surface area contributed by atoms with Gasteiger partial charge >= 0.3 is 0 Å². The number of thiophene rings is 1. The van der Waals surface area contributed by atoms with Gasteiger partial charge in [0, 0.05) is 16.9 Å². The number of methoxy groups -OCH3 is 1. The number of nitrogens with one attached hydrogen (secondary N) is 1. The van der Waals surface area contributed by atoms with Crippen molar-refractivity contribution in [3.05, 3.63) is 69.3 Å². The summed E-state index contributed by atoms with van der Waals surface area (Å²) in [5, 5.41) is 0.783. The first-order valence-corrected chi connectivity index (χ1v) is 12.5. The highest BCUT2D eigenvalue weighted by molar-refractivity contribution is 7.18. The Labute approximate surface area is 202 Å². The number of hydrogen-bond acceptors (Lipinski definition) is 6. The van der Waals surface area contributed by atoms with E-state index in [1.54, 1.807) is 18.4 Å². The third-order valence-corrected chi connectivity index (χ3v) is 7.33. The van der Waals surface area contributed by atoms with Crippen LogP contribution in [0.5, 0.6) is 17.2 Å². The number of fused-ring (bicyclic) bond motifs is 3. The van der Waals surface area contributed by atoms with Gasteiger partial charge in [-0.2, -0.15) is 0 Å². The first-order valence-electron chi connectivity index (χ1n) is 11.7. The molecular weight excluding hydrogens is 448 g/mol. The van der Waals surface area contributed by atoms with Gasteiger partial charge in [0.1, 0.15) is 16.4 Å². The summed E-state index contributed by atoms with van der Waals surface area (Å²) in [6.45, 7) is 3.34. The van der Waals surface area contributed by atoms with E-state index in [9.17, 15) is 4.79 Å². The van der Waals surface area contributed by atoms with Crippen molar-refractivity contribution >= 4 is 21.6 Å². The monoisotopic (exact) mass is 476 g/mol. The average Bonchev–Trinajstić information content (AvgIpc) is 3.22. The molecule has 176 valence electrons. The van der Waals surface area contributed by atoms with E-state index >= 15 is 0 Å². The summed E-state index contributed by atoms with van der Waals surface area (Å²) in [4.78, 5) is 22.8. The number of nitrogens with zero attached hydrogens (tertiary/aromatic N) is 1. The fourth-order valence-corrected chi connectivity index (χ4v) is 5.75. The van der Waals surface area contributed by atoms with Gasteiger partial charge in [-0.05, 0) is 67.1 Å². The molecule has 0 spiro atoms. The lowest BCUT2D eigenvalue weighted by Crippen LogP contribution is -2.13. The predicted molar refractivity (Wildman–Crippen MR) is 135 cm³/mol. The second kappa shape index (κ2) is 9.89. The summed E-state index contributed by atoms with van der Waals surface area (Å²) in [7, 11) is 1.63. The maximum Gasteiger partial charge on any atom is 0.260 e. The molecule has 0 radical (unpaired) electrons. The second-order valence-corrected chi connectivity index (χ2v) is 9.76. The van der Waals surface area contributed by atoms with Crippen LogP contribution in [0.1, 0.15) is 30.2 Å². The molecule has 6 nitrogen and oxygen atoms in total. The van der Waals surface area contributed by atoms with Crippen LogP contribution < -0.4 is 19.8 Å². The Hall–Kier alpha value is -3.32. The molecule has 1 aliphatic rings. The van der Waals surface area contributed by atoms with E-state index in [1.807, 2.05) is 48.5 Å². The molecule has 2 heterocycles. The molecule has 5 rings (SSSR count). The van der Waals surface area contributed by atoms with Crippen molar-refractivity contribution in [3.63, 3.8) is 0 Å². The van der Waals surface area contributed by atoms with E-state index in [2.05, 4.69) is 11.9 Å².